The summed E-state index contributed by atoms with van der Waals surface area (Å²) in [5.74, 6) is 0. The molecule has 0 N–H and O–H groups in total. The topological polar surface area (TPSA) is 8.17 Å². The van der Waals surface area contributed by atoms with Crippen LogP contribution in [0, 0.1) is 12.3 Å². The highest BCUT2D eigenvalue weighted by Gasteiger charge is 2.65. The molecule has 0 saturated heterocycles. The van der Waals surface area contributed by atoms with Gasteiger partial charge in [0, 0.05) is 34.8 Å². The Hall–Kier alpha value is -1.74. The lowest BCUT2D eigenvalue weighted by Crippen LogP contribution is -2.61. The Bertz CT molecular complexity index is 1100. The Morgan fingerprint density at radius 1 is 1.04 bits per heavy atom. The third-order valence-electron chi connectivity index (χ3n) is 8.41. The van der Waals surface area contributed by atoms with E-state index in [4.69, 9.17) is 0 Å². The molecule has 2 aliphatic heterocycles. The lowest BCUT2D eigenvalue weighted by molar-refractivity contribution is 0.0672. The van der Waals surface area contributed by atoms with Gasteiger partial charge in [0.1, 0.15) is 0 Å². The first-order valence-electron chi connectivity index (χ1n) is 10.0. The van der Waals surface area contributed by atoms with Crippen molar-refractivity contribution in [1.29, 1.82) is 0 Å². The molecule has 0 amide bonds. The van der Waals surface area contributed by atoms with Crippen LogP contribution in [0.15, 0.2) is 30.5 Å². The van der Waals surface area contributed by atoms with Crippen LogP contribution in [0.2, 0.25) is 0 Å². The monoisotopic (exact) mass is 378 g/mol. The number of anilines is 1. The molecule has 0 bridgehead atoms. The van der Waals surface area contributed by atoms with Gasteiger partial charge in [0.05, 0.1) is 21.8 Å². The van der Waals surface area contributed by atoms with Gasteiger partial charge < -0.3 is 9.47 Å². The van der Waals surface area contributed by atoms with E-state index in [1.54, 1.807) is 10.4 Å². The van der Waals surface area contributed by atoms with Crippen molar-refractivity contribution in [1.82, 2.24) is 4.57 Å². The number of fused-ring (bicyclic) bond motifs is 7. The van der Waals surface area contributed by atoms with E-state index in [9.17, 15) is 0 Å². The summed E-state index contributed by atoms with van der Waals surface area (Å²) in [6.45, 7) is 17.1. The summed E-state index contributed by atoms with van der Waals surface area (Å²) in [6.07, 6.45) is 2.21. The third-order valence-corrected chi connectivity index (χ3v) is 9.78. The molecule has 27 heavy (non-hydrogen) atoms. The van der Waals surface area contributed by atoms with E-state index in [-0.39, 0.29) is 16.4 Å². The summed E-state index contributed by atoms with van der Waals surface area (Å²) in [7, 11) is 2.19. The van der Waals surface area contributed by atoms with E-state index in [1.807, 2.05) is 11.3 Å². The first-order valence-corrected chi connectivity index (χ1v) is 10.8. The van der Waals surface area contributed by atoms with E-state index in [1.165, 1.54) is 27.0 Å². The van der Waals surface area contributed by atoms with Crippen LogP contribution in [-0.2, 0) is 18.0 Å². The van der Waals surface area contributed by atoms with Crippen LogP contribution in [0.25, 0.3) is 10.2 Å². The largest absolute Gasteiger partial charge is 0.353 e. The molecular weight excluding hydrogens is 348 g/mol. The van der Waals surface area contributed by atoms with E-state index < -0.39 is 0 Å². The average molecular weight is 379 g/mol. The SMILES string of the molecule is Cc1cccc2c1N1C(C)c3c(sc4ccn(C)c34)C1(C)C(C)(C)C2(C)C. The first-order chi connectivity index (χ1) is 12.5. The first kappa shape index (κ1) is 17.4. The molecule has 3 heteroatoms. The molecule has 4 heterocycles. The van der Waals surface area contributed by atoms with Crippen molar-refractivity contribution in [2.45, 2.75) is 65.5 Å². The van der Waals surface area contributed by atoms with Crippen molar-refractivity contribution < 1.29 is 0 Å². The van der Waals surface area contributed by atoms with Crippen molar-refractivity contribution in [2.75, 3.05) is 4.90 Å². The van der Waals surface area contributed by atoms with Crippen LogP contribution in [0.4, 0.5) is 5.69 Å². The number of aromatic nitrogens is 1. The Morgan fingerprint density at radius 2 is 1.74 bits per heavy atom. The molecule has 2 unspecified atom stereocenters. The number of rotatable bonds is 0. The van der Waals surface area contributed by atoms with Crippen LogP contribution in [0.1, 0.15) is 69.2 Å². The van der Waals surface area contributed by atoms with E-state index in [0.717, 1.165) is 0 Å². The maximum Gasteiger partial charge on any atom is 0.0787 e. The zero-order chi connectivity index (χ0) is 19.5. The summed E-state index contributed by atoms with van der Waals surface area (Å²) in [6, 6.07) is 9.55. The second-order valence-electron chi connectivity index (χ2n) is 9.82. The van der Waals surface area contributed by atoms with Crippen LogP contribution in [-0.4, -0.2) is 4.57 Å². The Kier molecular flexibility index (Phi) is 3.09. The summed E-state index contributed by atoms with van der Waals surface area (Å²) in [5, 5.41) is 0. The minimum absolute atomic E-state index is 0.0198. The molecule has 2 nitrogen and oxygen atoms in total. The van der Waals surface area contributed by atoms with Gasteiger partial charge in [-0.2, -0.15) is 0 Å². The van der Waals surface area contributed by atoms with Gasteiger partial charge in [-0.3, -0.25) is 0 Å². The number of thiophene rings is 1. The van der Waals surface area contributed by atoms with Gasteiger partial charge in [-0.25, -0.2) is 0 Å². The van der Waals surface area contributed by atoms with Crippen LogP contribution < -0.4 is 4.90 Å². The van der Waals surface area contributed by atoms with Crippen LogP contribution in [0.3, 0.4) is 0 Å². The standard InChI is InChI=1S/C24H30N2S/c1-14-10-9-11-16-19(14)26-15(2)18-20-17(12-13-25(20)8)27-21(18)24(26,7)23(5,6)22(16,3)4/h9-13,15H,1-8H3. The Morgan fingerprint density at radius 3 is 2.44 bits per heavy atom. The second kappa shape index (κ2) is 4.81. The van der Waals surface area contributed by atoms with Crippen molar-refractivity contribution in [3.63, 3.8) is 0 Å². The van der Waals surface area contributed by atoms with E-state index >= 15 is 0 Å². The number of hydrogen-bond acceptors (Lipinski definition) is 2. The smallest absolute Gasteiger partial charge is 0.0787 e. The molecule has 3 aromatic rings. The summed E-state index contributed by atoms with van der Waals surface area (Å²) < 4.78 is 3.75. The normalized spacial score (nSPS) is 27.6. The molecule has 0 radical (unpaired) electrons. The summed E-state index contributed by atoms with van der Waals surface area (Å²) in [5.41, 5.74) is 7.48. The number of para-hydroxylation sites is 1. The lowest BCUT2D eigenvalue weighted by atomic mass is 9.52. The summed E-state index contributed by atoms with van der Waals surface area (Å²) in [4.78, 5) is 4.33. The Labute approximate surface area is 166 Å². The van der Waals surface area contributed by atoms with Gasteiger partial charge in [-0.15, -0.1) is 11.3 Å². The highest BCUT2D eigenvalue weighted by atomic mass is 32.1. The van der Waals surface area contributed by atoms with Crippen molar-refractivity contribution in [3.05, 3.63) is 52.0 Å². The maximum atomic E-state index is 2.76. The van der Waals surface area contributed by atoms with Crippen molar-refractivity contribution >= 4 is 27.2 Å². The second-order valence-corrected chi connectivity index (χ2v) is 10.9. The summed E-state index contributed by atoms with van der Waals surface area (Å²) >= 11 is 2.02. The highest BCUT2D eigenvalue weighted by Crippen LogP contribution is 2.69. The zero-order valence-corrected chi connectivity index (χ0v) is 18.6. The molecule has 0 saturated carbocycles. The minimum Gasteiger partial charge on any atom is -0.353 e. The van der Waals surface area contributed by atoms with Gasteiger partial charge in [-0.05, 0) is 43.4 Å². The predicted octanol–water partition coefficient (Wildman–Crippen LogP) is 6.66. The number of nitrogens with zero attached hydrogens (tertiary/aromatic N) is 2. The fourth-order valence-electron chi connectivity index (χ4n) is 5.99. The van der Waals surface area contributed by atoms with Crippen molar-refractivity contribution in [3.8, 4) is 0 Å². The molecule has 5 rings (SSSR count). The minimum atomic E-state index is -0.0198. The fraction of sp³-hybridized carbons (Fsp3) is 0.500. The molecule has 0 fully saturated rings. The van der Waals surface area contributed by atoms with Gasteiger partial charge in [-0.1, -0.05) is 45.9 Å². The zero-order valence-electron chi connectivity index (χ0n) is 17.8. The molecule has 142 valence electrons. The molecule has 2 atom stereocenters. The molecule has 0 aliphatic carbocycles. The van der Waals surface area contributed by atoms with Gasteiger partial charge in [0.15, 0.2) is 0 Å². The lowest BCUT2D eigenvalue weighted by Gasteiger charge is -2.62. The molecule has 0 spiro atoms. The van der Waals surface area contributed by atoms with E-state index in [0.29, 0.717) is 6.04 Å². The molecule has 2 aliphatic rings. The molecule has 1 aromatic carbocycles. The van der Waals surface area contributed by atoms with Gasteiger partial charge >= 0.3 is 0 Å². The van der Waals surface area contributed by atoms with Crippen molar-refractivity contribution in [2.24, 2.45) is 12.5 Å². The number of aryl methyl sites for hydroxylation is 2. The fourth-order valence-corrected chi connectivity index (χ4v) is 7.62. The van der Waals surface area contributed by atoms with Gasteiger partial charge in [0.25, 0.3) is 0 Å². The van der Waals surface area contributed by atoms with E-state index in [2.05, 4.69) is 95.4 Å². The average Bonchev–Trinajstić information content (AvgIpc) is 3.20. The number of benzene rings is 1. The van der Waals surface area contributed by atoms with Crippen LogP contribution in [0.5, 0.6) is 0 Å². The maximum absolute atomic E-state index is 2.76. The third kappa shape index (κ3) is 1.65. The number of hydrogen-bond donors (Lipinski definition) is 0. The van der Waals surface area contributed by atoms with Crippen LogP contribution >= 0.6 is 11.3 Å². The quantitative estimate of drug-likeness (QED) is 0.424. The Balaban J connectivity index is 1.94. The molecular formula is C24H30N2S. The predicted molar refractivity (Wildman–Crippen MR) is 117 cm³/mol. The molecule has 2 aromatic heterocycles. The highest BCUT2D eigenvalue weighted by molar-refractivity contribution is 7.19. The van der Waals surface area contributed by atoms with Gasteiger partial charge in [0.2, 0.25) is 0 Å².